The van der Waals surface area contributed by atoms with Gasteiger partial charge in [0.2, 0.25) is 0 Å². The molecule has 0 unspecified atom stereocenters. The zero-order valence-electron chi connectivity index (χ0n) is 6.67. The van der Waals surface area contributed by atoms with E-state index >= 15 is 0 Å². The Morgan fingerprint density at radius 2 is 2.15 bits per heavy atom. The Morgan fingerprint density at radius 1 is 1.54 bits per heavy atom. The molecule has 13 heavy (non-hydrogen) atoms. The van der Waals surface area contributed by atoms with Crippen LogP contribution in [0.3, 0.4) is 0 Å². The summed E-state index contributed by atoms with van der Waals surface area (Å²) in [6, 6.07) is 0. The number of carboxylic acid groups (broad SMARTS) is 1. The molecule has 0 aromatic carbocycles. The van der Waals surface area contributed by atoms with E-state index in [1.165, 1.54) is 4.72 Å². The number of β-amino-alcohol motifs (C(OH)–C–C–N with tert-alkyl or cyclic N) is 1. The summed E-state index contributed by atoms with van der Waals surface area (Å²) >= 11 is 0. The third kappa shape index (κ3) is 2.54. The van der Waals surface area contributed by atoms with Crippen LogP contribution in [0.4, 0.5) is 4.79 Å². The molecule has 1 amide bonds. The fourth-order valence-electron chi connectivity index (χ4n) is 1.10. The topological polar surface area (TPSA) is 107 Å². The Bertz CT molecular complexity index is 300. The first-order valence-electron chi connectivity index (χ1n) is 3.60. The van der Waals surface area contributed by atoms with E-state index < -0.39 is 22.4 Å². The van der Waals surface area contributed by atoms with E-state index in [1.807, 2.05) is 0 Å². The Kier molecular flexibility index (Phi) is 2.74. The van der Waals surface area contributed by atoms with Crippen LogP contribution in [0.15, 0.2) is 0 Å². The van der Waals surface area contributed by atoms with Crippen LogP contribution in [0.2, 0.25) is 0 Å². The van der Waals surface area contributed by atoms with Crippen molar-refractivity contribution in [2.45, 2.75) is 12.5 Å². The van der Waals surface area contributed by atoms with Gasteiger partial charge in [0.15, 0.2) is 0 Å². The second-order valence-corrected chi connectivity index (χ2v) is 4.38. The number of aliphatic hydroxyl groups excluding tert-OH is 1. The van der Waals surface area contributed by atoms with Gasteiger partial charge in [-0.2, -0.15) is 12.7 Å². The minimum atomic E-state index is -3.97. The molecule has 1 aliphatic rings. The molecule has 0 saturated carbocycles. The molecule has 0 radical (unpaired) electrons. The van der Waals surface area contributed by atoms with E-state index in [9.17, 15) is 13.2 Å². The monoisotopic (exact) mass is 210 g/mol. The summed E-state index contributed by atoms with van der Waals surface area (Å²) < 4.78 is 24.5. The fraction of sp³-hybridized carbons (Fsp3) is 0.800. The number of rotatable bonds is 2. The molecule has 3 N–H and O–H groups in total. The molecule has 1 saturated heterocycles. The first kappa shape index (κ1) is 10.2. The lowest BCUT2D eigenvalue weighted by Gasteiger charge is -2.14. The predicted molar refractivity (Wildman–Crippen MR) is 42.3 cm³/mol. The van der Waals surface area contributed by atoms with Gasteiger partial charge in [-0.1, -0.05) is 0 Å². The van der Waals surface area contributed by atoms with Gasteiger partial charge in [-0.25, -0.2) is 9.52 Å². The van der Waals surface area contributed by atoms with Crippen molar-refractivity contribution in [3.63, 3.8) is 0 Å². The number of aliphatic hydroxyl groups is 1. The quantitative estimate of drug-likeness (QED) is 0.517. The van der Waals surface area contributed by atoms with Crippen molar-refractivity contribution in [2.75, 3.05) is 13.1 Å². The van der Waals surface area contributed by atoms with Gasteiger partial charge in [0.25, 0.3) is 0 Å². The standard InChI is InChI=1S/C5H10N2O5S/c8-4-1-2-7(3-4)13(11,12)6-5(9)10/h4,6,8H,1-3H2,(H,9,10)/t4-/m1/s1. The first-order valence-corrected chi connectivity index (χ1v) is 5.04. The highest BCUT2D eigenvalue weighted by atomic mass is 32.2. The van der Waals surface area contributed by atoms with Crippen LogP contribution >= 0.6 is 0 Å². The lowest BCUT2D eigenvalue weighted by atomic mass is 10.3. The van der Waals surface area contributed by atoms with E-state index in [1.54, 1.807) is 0 Å². The summed E-state index contributed by atoms with van der Waals surface area (Å²) in [5, 5.41) is 17.2. The molecule has 1 atom stereocenters. The number of nitrogens with one attached hydrogen (secondary N) is 1. The van der Waals surface area contributed by atoms with Crippen molar-refractivity contribution >= 4 is 16.3 Å². The van der Waals surface area contributed by atoms with Crippen LogP contribution in [-0.4, -0.2) is 48.2 Å². The molecular formula is C5H10N2O5S. The minimum absolute atomic E-state index is 0.0530. The highest BCUT2D eigenvalue weighted by molar-refractivity contribution is 7.87. The van der Waals surface area contributed by atoms with Gasteiger partial charge >= 0.3 is 16.3 Å². The summed E-state index contributed by atoms with van der Waals surface area (Å²) in [5.41, 5.74) is 0. The average Bonchev–Trinajstić information content (AvgIpc) is 2.32. The predicted octanol–water partition coefficient (Wildman–Crippen LogP) is -1.43. The molecule has 0 spiro atoms. The number of carbonyl (C=O) groups is 1. The molecule has 76 valence electrons. The average molecular weight is 210 g/mol. The molecule has 1 heterocycles. The number of hydrogen-bond acceptors (Lipinski definition) is 4. The van der Waals surface area contributed by atoms with Gasteiger partial charge in [0.05, 0.1) is 6.10 Å². The maximum Gasteiger partial charge on any atom is 0.419 e. The largest absolute Gasteiger partial charge is 0.464 e. The lowest BCUT2D eigenvalue weighted by molar-refractivity contribution is 0.187. The van der Waals surface area contributed by atoms with Gasteiger partial charge in [0.1, 0.15) is 0 Å². The van der Waals surface area contributed by atoms with E-state index in [4.69, 9.17) is 10.2 Å². The molecule has 1 rings (SSSR count). The zero-order valence-corrected chi connectivity index (χ0v) is 7.49. The Morgan fingerprint density at radius 3 is 2.54 bits per heavy atom. The van der Waals surface area contributed by atoms with Gasteiger partial charge in [-0.05, 0) is 6.42 Å². The summed E-state index contributed by atoms with van der Waals surface area (Å²) in [6.45, 7) is 0.0897. The Hall–Kier alpha value is -0.860. The van der Waals surface area contributed by atoms with Crippen molar-refractivity contribution in [3.05, 3.63) is 0 Å². The SMILES string of the molecule is O=C(O)NS(=O)(=O)N1CC[C@@H](O)C1. The number of nitrogens with zero attached hydrogens (tertiary/aromatic N) is 1. The molecule has 0 bridgehead atoms. The van der Waals surface area contributed by atoms with Crippen molar-refractivity contribution in [2.24, 2.45) is 0 Å². The summed E-state index contributed by atoms with van der Waals surface area (Å²) in [4.78, 5) is 10.1. The van der Waals surface area contributed by atoms with Crippen LogP contribution in [0.25, 0.3) is 0 Å². The van der Waals surface area contributed by atoms with E-state index in [0.717, 1.165) is 4.31 Å². The van der Waals surface area contributed by atoms with Gasteiger partial charge in [-0.15, -0.1) is 0 Å². The Balaban J connectivity index is 2.65. The number of hydrogen-bond donors (Lipinski definition) is 3. The smallest absolute Gasteiger partial charge is 0.419 e. The van der Waals surface area contributed by atoms with Gasteiger partial charge in [0, 0.05) is 13.1 Å². The van der Waals surface area contributed by atoms with Gasteiger partial charge < -0.3 is 10.2 Å². The van der Waals surface area contributed by atoms with E-state index in [-0.39, 0.29) is 13.1 Å². The van der Waals surface area contributed by atoms with Crippen LogP contribution in [-0.2, 0) is 10.2 Å². The van der Waals surface area contributed by atoms with Gasteiger partial charge in [-0.3, -0.25) is 0 Å². The maximum absolute atomic E-state index is 11.1. The minimum Gasteiger partial charge on any atom is -0.464 e. The van der Waals surface area contributed by atoms with Crippen LogP contribution < -0.4 is 4.72 Å². The second-order valence-electron chi connectivity index (χ2n) is 2.71. The zero-order chi connectivity index (χ0) is 10.1. The first-order chi connectivity index (χ1) is 5.92. The highest BCUT2D eigenvalue weighted by Crippen LogP contribution is 2.11. The molecule has 0 aliphatic carbocycles. The number of amides is 1. The third-order valence-electron chi connectivity index (χ3n) is 1.68. The normalized spacial score (nSPS) is 24.5. The second kappa shape index (κ2) is 3.48. The van der Waals surface area contributed by atoms with Crippen molar-refractivity contribution in [1.29, 1.82) is 0 Å². The molecule has 1 fully saturated rings. The Labute approximate surface area is 75.1 Å². The molecule has 0 aromatic heterocycles. The van der Waals surface area contributed by atoms with E-state index in [2.05, 4.69) is 0 Å². The van der Waals surface area contributed by atoms with Crippen molar-refractivity contribution < 1.29 is 23.4 Å². The lowest BCUT2D eigenvalue weighted by Crippen LogP contribution is -2.42. The third-order valence-corrected chi connectivity index (χ3v) is 3.13. The highest BCUT2D eigenvalue weighted by Gasteiger charge is 2.31. The van der Waals surface area contributed by atoms with Crippen LogP contribution in [0, 0.1) is 0 Å². The molecule has 0 aromatic rings. The molecular weight excluding hydrogens is 200 g/mol. The molecule has 1 aliphatic heterocycles. The fourth-order valence-corrected chi connectivity index (χ4v) is 2.17. The van der Waals surface area contributed by atoms with Crippen LogP contribution in [0.5, 0.6) is 0 Å². The molecule has 7 nitrogen and oxygen atoms in total. The summed E-state index contributed by atoms with van der Waals surface area (Å²) in [7, 11) is -3.97. The summed E-state index contributed by atoms with van der Waals surface area (Å²) in [6.07, 6.45) is -1.99. The maximum atomic E-state index is 11.1. The van der Waals surface area contributed by atoms with Crippen molar-refractivity contribution in [3.8, 4) is 0 Å². The van der Waals surface area contributed by atoms with E-state index in [0.29, 0.717) is 6.42 Å². The molecule has 8 heteroatoms. The summed E-state index contributed by atoms with van der Waals surface area (Å²) in [5.74, 6) is 0. The van der Waals surface area contributed by atoms with Crippen molar-refractivity contribution in [1.82, 2.24) is 9.03 Å². The van der Waals surface area contributed by atoms with Crippen LogP contribution in [0.1, 0.15) is 6.42 Å².